The molecule has 0 radical (unpaired) electrons. The van der Waals surface area contributed by atoms with E-state index in [1.807, 2.05) is 17.7 Å². The fourth-order valence-electron chi connectivity index (χ4n) is 1.84. The van der Waals surface area contributed by atoms with Crippen LogP contribution in [-0.4, -0.2) is 22.5 Å². The lowest BCUT2D eigenvalue weighted by atomic mass is 10.2. The Balaban J connectivity index is 1.95. The van der Waals surface area contributed by atoms with Gasteiger partial charge in [-0.15, -0.1) is 13.2 Å². The maximum atomic E-state index is 12.1. The largest absolute Gasteiger partial charge is 0.573 e. The Labute approximate surface area is 120 Å². The van der Waals surface area contributed by atoms with Crippen LogP contribution < -0.4 is 10.1 Å². The summed E-state index contributed by atoms with van der Waals surface area (Å²) in [7, 11) is 0. The molecular weight excluding hydrogens is 283 g/mol. The number of aromatic nitrogens is 2. The number of imidazole rings is 1. The van der Waals surface area contributed by atoms with Gasteiger partial charge in [-0.3, -0.25) is 0 Å². The van der Waals surface area contributed by atoms with E-state index in [0.717, 1.165) is 17.8 Å². The van der Waals surface area contributed by atoms with Crippen molar-refractivity contribution in [1.82, 2.24) is 14.9 Å². The van der Waals surface area contributed by atoms with Gasteiger partial charge in [-0.2, -0.15) is 0 Å². The van der Waals surface area contributed by atoms with Gasteiger partial charge in [0.2, 0.25) is 0 Å². The molecule has 114 valence electrons. The van der Waals surface area contributed by atoms with Crippen LogP contribution >= 0.6 is 0 Å². The number of halogens is 3. The molecule has 0 saturated heterocycles. The molecule has 0 atom stereocenters. The Kier molecular flexibility index (Phi) is 4.85. The zero-order valence-electron chi connectivity index (χ0n) is 11.5. The maximum absolute atomic E-state index is 12.1. The van der Waals surface area contributed by atoms with Crippen LogP contribution in [0.3, 0.4) is 0 Å². The Morgan fingerprint density at radius 1 is 1.24 bits per heavy atom. The summed E-state index contributed by atoms with van der Waals surface area (Å²) >= 11 is 0. The molecule has 0 spiro atoms. The number of ether oxygens (including phenoxy) is 1. The molecule has 0 aliphatic carbocycles. The normalized spacial score (nSPS) is 11.6. The van der Waals surface area contributed by atoms with E-state index in [1.165, 1.54) is 12.1 Å². The SMILES string of the molecule is CCNCc1cn(Cc2ccc(OC(F)(F)F)cc2)cn1. The molecule has 0 amide bonds. The molecule has 4 nitrogen and oxygen atoms in total. The molecule has 1 aromatic heterocycles. The molecule has 1 aromatic carbocycles. The van der Waals surface area contributed by atoms with Crippen LogP contribution in [0.4, 0.5) is 13.2 Å². The molecule has 2 aromatic rings. The molecular formula is C14H16F3N3O. The van der Waals surface area contributed by atoms with Gasteiger partial charge in [-0.1, -0.05) is 19.1 Å². The summed E-state index contributed by atoms with van der Waals surface area (Å²) in [6.07, 6.45) is -1.05. The van der Waals surface area contributed by atoms with Gasteiger partial charge >= 0.3 is 6.36 Å². The molecule has 0 fully saturated rings. The van der Waals surface area contributed by atoms with E-state index in [-0.39, 0.29) is 5.75 Å². The average molecular weight is 299 g/mol. The fraction of sp³-hybridized carbons (Fsp3) is 0.357. The van der Waals surface area contributed by atoms with E-state index >= 15 is 0 Å². The monoisotopic (exact) mass is 299 g/mol. The summed E-state index contributed by atoms with van der Waals surface area (Å²) in [6, 6.07) is 5.81. The van der Waals surface area contributed by atoms with Gasteiger partial charge in [-0.25, -0.2) is 4.98 Å². The lowest BCUT2D eigenvalue weighted by Gasteiger charge is -2.09. The second kappa shape index (κ2) is 6.62. The standard InChI is InChI=1S/C14H16F3N3O/c1-2-18-7-12-9-20(10-19-12)8-11-3-5-13(6-4-11)21-14(15,16)17/h3-6,9-10,18H,2,7-8H2,1H3. The summed E-state index contributed by atoms with van der Waals surface area (Å²) in [6.45, 7) is 4.13. The number of alkyl halides is 3. The fourth-order valence-corrected chi connectivity index (χ4v) is 1.84. The second-order valence-corrected chi connectivity index (χ2v) is 4.51. The van der Waals surface area contributed by atoms with E-state index in [4.69, 9.17) is 0 Å². The van der Waals surface area contributed by atoms with Crippen molar-refractivity contribution < 1.29 is 17.9 Å². The Morgan fingerprint density at radius 2 is 1.95 bits per heavy atom. The first-order valence-corrected chi connectivity index (χ1v) is 6.52. The van der Waals surface area contributed by atoms with Gasteiger partial charge in [0.15, 0.2) is 0 Å². The van der Waals surface area contributed by atoms with Gasteiger partial charge in [-0.05, 0) is 24.2 Å². The van der Waals surface area contributed by atoms with Gasteiger partial charge in [0.25, 0.3) is 0 Å². The minimum Gasteiger partial charge on any atom is -0.406 e. The molecule has 1 heterocycles. The lowest BCUT2D eigenvalue weighted by Crippen LogP contribution is -2.17. The molecule has 1 N–H and O–H groups in total. The number of hydrogen-bond acceptors (Lipinski definition) is 3. The van der Waals surface area contributed by atoms with Crippen LogP contribution in [-0.2, 0) is 13.1 Å². The van der Waals surface area contributed by atoms with Crippen molar-refractivity contribution >= 4 is 0 Å². The van der Waals surface area contributed by atoms with Crippen LogP contribution in [0.1, 0.15) is 18.2 Å². The highest BCUT2D eigenvalue weighted by atomic mass is 19.4. The molecule has 0 bridgehead atoms. The highest BCUT2D eigenvalue weighted by molar-refractivity contribution is 5.27. The van der Waals surface area contributed by atoms with E-state index in [1.54, 1.807) is 18.5 Å². The average Bonchev–Trinajstić information content (AvgIpc) is 2.85. The van der Waals surface area contributed by atoms with E-state index in [2.05, 4.69) is 15.0 Å². The minimum atomic E-state index is -4.66. The van der Waals surface area contributed by atoms with Crippen molar-refractivity contribution in [2.45, 2.75) is 26.4 Å². The Morgan fingerprint density at radius 3 is 2.57 bits per heavy atom. The molecule has 7 heteroatoms. The topological polar surface area (TPSA) is 39.1 Å². The first-order valence-electron chi connectivity index (χ1n) is 6.52. The van der Waals surface area contributed by atoms with Gasteiger partial charge in [0.05, 0.1) is 12.0 Å². The highest BCUT2D eigenvalue weighted by Gasteiger charge is 2.30. The van der Waals surface area contributed by atoms with Gasteiger partial charge in [0.1, 0.15) is 5.75 Å². The van der Waals surface area contributed by atoms with Gasteiger partial charge < -0.3 is 14.6 Å². The summed E-state index contributed by atoms with van der Waals surface area (Å²) in [4.78, 5) is 4.24. The van der Waals surface area contributed by atoms with Crippen molar-refractivity contribution in [3.63, 3.8) is 0 Å². The smallest absolute Gasteiger partial charge is 0.406 e. The van der Waals surface area contributed by atoms with E-state index < -0.39 is 6.36 Å². The minimum absolute atomic E-state index is 0.218. The van der Waals surface area contributed by atoms with Crippen molar-refractivity contribution in [2.24, 2.45) is 0 Å². The maximum Gasteiger partial charge on any atom is 0.573 e. The molecule has 0 saturated carbocycles. The first-order chi connectivity index (χ1) is 9.96. The Hall–Kier alpha value is -2.02. The molecule has 0 aliphatic heterocycles. The number of rotatable bonds is 6. The number of nitrogens with one attached hydrogen (secondary N) is 1. The summed E-state index contributed by atoms with van der Waals surface area (Å²) in [5.41, 5.74) is 1.80. The Bertz CT molecular complexity index is 564. The molecule has 2 rings (SSSR count). The summed E-state index contributed by atoms with van der Waals surface area (Å²) in [5.74, 6) is -0.218. The predicted molar refractivity (Wildman–Crippen MR) is 71.8 cm³/mol. The van der Waals surface area contributed by atoms with Crippen LogP contribution in [0.5, 0.6) is 5.75 Å². The molecule has 0 aliphatic rings. The molecule has 21 heavy (non-hydrogen) atoms. The van der Waals surface area contributed by atoms with Crippen LogP contribution in [0.25, 0.3) is 0 Å². The van der Waals surface area contributed by atoms with Crippen molar-refractivity contribution in [3.05, 3.63) is 48.0 Å². The third kappa shape index (κ3) is 5.11. The van der Waals surface area contributed by atoms with Gasteiger partial charge in [0, 0.05) is 19.3 Å². The zero-order valence-corrected chi connectivity index (χ0v) is 11.5. The summed E-state index contributed by atoms with van der Waals surface area (Å²) < 4.78 is 41.9. The van der Waals surface area contributed by atoms with E-state index in [9.17, 15) is 13.2 Å². The zero-order chi connectivity index (χ0) is 15.3. The predicted octanol–water partition coefficient (Wildman–Crippen LogP) is 2.94. The van der Waals surface area contributed by atoms with Crippen molar-refractivity contribution in [2.75, 3.05) is 6.54 Å². The van der Waals surface area contributed by atoms with Crippen molar-refractivity contribution in [3.8, 4) is 5.75 Å². The van der Waals surface area contributed by atoms with Crippen molar-refractivity contribution in [1.29, 1.82) is 0 Å². The second-order valence-electron chi connectivity index (χ2n) is 4.51. The lowest BCUT2D eigenvalue weighted by molar-refractivity contribution is -0.274. The third-order valence-electron chi connectivity index (χ3n) is 2.76. The quantitative estimate of drug-likeness (QED) is 0.891. The third-order valence-corrected chi connectivity index (χ3v) is 2.76. The summed E-state index contributed by atoms with van der Waals surface area (Å²) in [5, 5.41) is 3.17. The molecule has 0 unspecified atom stereocenters. The number of hydrogen-bond donors (Lipinski definition) is 1. The first kappa shape index (κ1) is 15.4. The number of nitrogens with zero attached hydrogens (tertiary/aromatic N) is 2. The van der Waals surface area contributed by atoms with Crippen LogP contribution in [0.2, 0.25) is 0 Å². The van der Waals surface area contributed by atoms with Crippen LogP contribution in [0.15, 0.2) is 36.8 Å². The number of benzene rings is 1. The van der Waals surface area contributed by atoms with Crippen LogP contribution in [0, 0.1) is 0 Å². The van der Waals surface area contributed by atoms with E-state index in [0.29, 0.717) is 13.1 Å². The highest BCUT2D eigenvalue weighted by Crippen LogP contribution is 2.22.